The van der Waals surface area contributed by atoms with Crippen molar-refractivity contribution in [3.63, 3.8) is 0 Å². The number of halogens is 4. The highest BCUT2D eigenvalue weighted by atomic mass is 127. The molecule has 0 aliphatic carbocycles. The van der Waals surface area contributed by atoms with Gasteiger partial charge in [0.05, 0.1) is 46.2 Å². The lowest BCUT2D eigenvalue weighted by Crippen LogP contribution is -2.40. The summed E-state index contributed by atoms with van der Waals surface area (Å²) < 4.78 is 26.8. The first kappa shape index (κ1) is 36.4. The lowest BCUT2D eigenvalue weighted by atomic mass is 9.93. The smallest absolute Gasteiger partial charge is 0.338 e. The van der Waals surface area contributed by atoms with E-state index in [1.54, 1.807) is 48.9 Å². The van der Waals surface area contributed by atoms with Crippen molar-refractivity contribution in [3.8, 4) is 17.2 Å². The average Bonchev–Trinajstić information content (AvgIpc) is 3.41. The van der Waals surface area contributed by atoms with Crippen LogP contribution in [0.25, 0.3) is 11.8 Å². The Morgan fingerprint density at radius 2 is 1.74 bits per heavy atom. The van der Waals surface area contributed by atoms with E-state index in [9.17, 15) is 9.59 Å². The van der Waals surface area contributed by atoms with Crippen LogP contribution in [0.1, 0.15) is 35.2 Å². The number of carbonyl (C=O) groups excluding carboxylic acids is 1. The summed E-state index contributed by atoms with van der Waals surface area (Å²) in [5.41, 5.74) is 3.12. The van der Waals surface area contributed by atoms with Gasteiger partial charge in [0.2, 0.25) is 0 Å². The zero-order chi connectivity index (χ0) is 35.5. The summed E-state index contributed by atoms with van der Waals surface area (Å²) in [5, 5.41) is 1.03. The highest BCUT2D eigenvalue weighted by Crippen LogP contribution is 2.39. The Morgan fingerprint density at radius 1 is 0.980 bits per heavy atom. The van der Waals surface area contributed by atoms with Gasteiger partial charge in [0.25, 0.3) is 5.56 Å². The van der Waals surface area contributed by atoms with Crippen molar-refractivity contribution in [2.75, 3.05) is 20.8 Å². The van der Waals surface area contributed by atoms with Gasteiger partial charge in [-0.05, 0) is 100 Å². The molecule has 8 nitrogen and oxygen atoms in total. The van der Waals surface area contributed by atoms with Gasteiger partial charge in [0.15, 0.2) is 16.3 Å². The van der Waals surface area contributed by atoms with Gasteiger partial charge in [-0.3, -0.25) is 9.36 Å². The Hall–Kier alpha value is -3.37. The molecular formula is C37H28Cl2I2N2O6S. The summed E-state index contributed by atoms with van der Waals surface area (Å²) in [6, 6.07) is 23.0. The van der Waals surface area contributed by atoms with Crippen molar-refractivity contribution in [1.29, 1.82) is 0 Å². The number of rotatable bonds is 10. The predicted molar refractivity (Wildman–Crippen MR) is 213 cm³/mol. The van der Waals surface area contributed by atoms with E-state index in [4.69, 9.17) is 47.1 Å². The van der Waals surface area contributed by atoms with Crippen LogP contribution in [0.2, 0.25) is 10.0 Å². The highest BCUT2D eigenvalue weighted by molar-refractivity contribution is 14.1. The Kier molecular flexibility index (Phi) is 11.6. The van der Waals surface area contributed by atoms with E-state index in [1.165, 1.54) is 18.4 Å². The van der Waals surface area contributed by atoms with Crippen molar-refractivity contribution >= 4 is 97.5 Å². The largest absolute Gasteiger partial charge is 0.493 e. The van der Waals surface area contributed by atoms with E-state index in [1.807, 2.05) is 54.6 Å². The molecule has 13 heteroatoms. The van der Waals surface area contributed by atoms with Crippen molar-refractivity contribution in [1.82, 2.24) is 4.57 Å². The van der Waals surface area contributed by atoms with E-state index in [0.717, 1.165) is 12.7 Å². The number of thiazole rings is 1. The first-order valence-corrected chi connectivity index (χ1v) is 18.9. The standard InChI is InChI=1S/C37H28Cl2I2N2O6S/c1-4-48-36(45)31-32(20-8-6-5-7-9-20)42-37-43(33(31)21-11-13-28(46-2)29(15-21)47-3)35(44)30(50-37)16-23-14-25(40)18-27(41)34(23)49-19-22-10-12-24(38)17-26(22)39/h5-18,33H,4,19H2,1-3H3/b30-16-/t33-/m0/s1. The lowest BCUT2D eigenvalue weighted by Gasteiger charge is -2.26. The van der Waals surface area contributed by atoms with Crippen LogP contribution in [0.3, 0.4) is 0 Å². The fourth-order valence-corrected chi connectivity index (χ4v) is 9.05. The minimum absolute atomic E-state index is 0.142. The van der Waals surface area contributed by atoms with Crippen LogP contribution in [0.4, 0.5) is 0 Å². The molecular weight excluding hydrogens is 925 g/mol. The molecule has 1 aliphatic heterocycles. The monoisotopic (exact) mass is 952 g/mol. The van der Waals surface area contributed by atoms with E-state index in [0.29, 0.717) is 59.0 Å². The SMILES string of the molecule is CCOC(=O)C1=C(c2ccccc2)N=c2s/c(=C\c3cc(I)cc(I)c3OCc3ccc(Cl)cc3Cl)c(=O)n2[C@H]1c1ccc(OC)c(OC)c1. The molecule has 0 saturated heterocycles. The maximum atomic E-state index is 14.6. The first-order chi connectivity index (χ1) is 24.1. The fraction of sp³-hybridized carbons (Fsp3) is 0.162. The van der Waals surface area contributed by atoms with Crippen LogP contribution in [0.5, 0.6) is 17.2 Å². The Bertz CT molecular complexity index is 2330. The molecule has 256 valence electrons. The second-order valence-corrected chi connectivity index (χ2v) is 15.1. The Balaban J connectivity index is 1.58. The van der Waals surface area contributed by atoms with E-state index in [-0.39, 0.29) is 24.3 Å². The summed E-state index contributed by atoms with van der Waals surface area (Å²) in [7, 11) is 3.08. The van der Waals surface area contributed by atoms with Crippen LogP contribution in [0, 0.1) is 7.14 Å². The second kappa shape index (κ2) is 15.9. The van der Waals surface area contributed by atoms with Gasteiger partial charge >= 0.3 is 5.97 Å². The molecule has 0 unspecified atom stereocenters. The third-order valence-electron chi connectivity index (χ3n) is 7.81. The molecule has 0 bridgehead atoms. The van der Waals surface area contributed by atoms with Gasteiger partial charge in [0, 0.05) is 30.3 Å². The van der Waals surface area contributed by atoms with Gasteiger partial charge in [0.1, 0.15) is 12.4 Å². The summed E-state index contributed by atoms with van der Waals surface area (Å²) in [6.07, 6.45) is 1.80. The molecule has 1 atom stereocenters. The Labute approximate surface area is 329 Å². The van der Waals surface area contributed by atoms with Crippen LogP contribution in [-0.4, -0.2) is 31.4 Å². The van der Waals surface area contributed by atoms with E-state index < -0.39 is 12.0 Å². The minimum atomic E-state index is -0.888. The van der Waals surface area contributed by atoms with Crippen molar-refractivity contribution in [2.24, 2.45) is 4.99 Å². The third kappa shape index (κ3) is 7.47. The van der Waals surface area contributed by atoms with Crippen molar-refractivity contribution in [2.45, 2.75) is 19.6 Å². The molecule has 0 amide bonds. The molecule has 1 aliphatic rings. The topological polar surface area (TPSA) is 88.4 Å². The first-order valence-electron chi connectivity index (χ1n) is 15.2. The fourth-order valence-electron chi connectivity index (χ4n) is 5.55. The number of aromatic nitrogens is 1. The van der Waals surface area contributed by atoms with E-state index >= 15 is 0 Å². The van der Waals surface area contributed by atoms with E-state index in [2.05, 4.69) is 45.2 Å². The number of carbonyl (C=O) groups is 1. The maximum Gasteiger partial charge on any atom is 0.338 e. The number of methoxy groups -OCH3 is 2. The molecule has 6 rings (SSSR count). The third-order valence-corrected chi connectivity index (χ3v) is 10.8. The number of nitrogens with zero attached hydrogens (tertiary/aromatic N) is 2. The van der Waals surface area contributed by atoms with Crippen molar-refractivity contribution < 1.29 is 23.7 Å². The summed E-state index contributed by atoms with van der Waals surface area (Å²) in [4.78, 5) is 33.8. The number of benzene rings is 4. The number of hydrogen-bond acceptors (Lipinski definition) is 8. The van der Waals surface area contributed by atoms with Crippen molar-refractivity contribution in [3.05, 3.63) is 144 Å². The van der Waals surface area contributed by atoms with Crippen LogP contribution < -0.4 is 29.1 Å². The van der Waals surface area contributed by atoms with Gasteiger partial charge < -0.3 is 18.9 Å². The Morgan fingerprint density at radius 3 is 2.44 bits per heavy atom. The minimum Gasteiger partial charge on any atom is -0.493 e. The number of ether oxygens (including phenoxy) is 4. The number of esters is 1. The molecule has 5 aromatic rings. The normalized spacial score (nSPS) is 14.2. The summed E-state index contributed by atoms with van der Waals surface area (Å²) in [6.45, 7) is 2.07. The maximum absolute atomic E-state index is 14.6. The van der Waals surface area contributed by atoms with Crippen LogP contribution in [0.15, 0.2) is 94.2 Å². The predicted octanol–water partition coefficient (Wildman–Crippen LogP) is 8.05. The molecule has 0 fully saturated rings. The van der Waals surface area contributed by atoms with Gasteiger partial charge in [-0.15, -0.1) is 0 Å². The average molecular weight is 953 g/mol. The highest BCUT2D eigenvalue weighted by Gasteiger charge is 2.35. The van der Waals surface area contributed by atoms with Gasteiger partial charge in [-0.25, -0.2) is 9.79 Å². The molecule has 0 N–H and O–H groups in total. The molecule has 0 spiro atoms. The van der Waals surface area contributed by atoms with Crippen LogP contribution >= 0.6 is 79.7 Å². The quantitative estimate of drug-likeness (QED) is 0.104. The molecule has 0 saturated carbocycles. The second-order valence-electron chi connectivity index (χ2n) is 10.9. The number of hydrogen-bond donors (Lipinski definition) is 0. The molecule has 1 aromatic heterocycles. The summed E-state index contributed by atoms with van der Waals surface area (Å²) >= 11 is 18.2. The molecule has 0 radical (unpaired) electrons. The summed E-state index contributed by atoms with van der Waals surface area (Å²) in [5.74, 6) is 0.975. The molecule has 50 heavy (non-hydrogen) atoms. The molecule has 4 aromatic carbocycles. The van der Waals surface area contributed by atoms with Crippen LogP contribution in [-0.2, 0) is 16.1 Å². The zero-order valence-electron chi connectivity index (χ0n) is 26.8. The zero-order valence-corrected chi connectivity index (χ0v) is 33.5. The lowest BCUT2D eigenvalue weighted by molar-refractivity contribution is -0.138. The van der Waals surface area contributed by atoms with Gasteiger partial charge in [-0.2, -0.15) is 0 Å². The molecule has 2 heterocycles. The number of fused-ring (bicyclic) bond motifs is 1. The van der Waals surface area contributed by atoms with Gasteiger partial charge in [-0.1, -0.05) is 77.0 Å².